The third-order valence-corrected chi connectivity index (χ3v) is 9.28. The molecule has 0 aliphatic heterocycles. The van der Waals surface area contributed by atoms with E-state index in [4.69, 9.17) is 9.72 Å². The molecule has 0 saturated carbocycles. The molecule has 0 saturated heterocycles. The highest BCUT2D eigenvalue weighted by Crippen LogP contribution is 2.42. The predicted octanol–water partition coefficient (Wildman–Crippen LogP) is 12.2. The Hall–Kier alpha value is -5.94. The predicted molar refractivity (Wildman–Crippen MR) is 203 cm³/mol. The molecule has 0 amide bonds. The molecule has 0 N–H and O–H groups in total. The molecule has 240 valence electrons. The van der Waals surface area contributed by atoms with Gasteiger partial charge in [0.15, 0.2) is 0 Å². The molecule has 49 heavy (non-hydrogen) atoms. The molecule has 0 aliphatic rings. The Morgan fingerprint density at radius 2 is 1.27 bits per heavy atom. The summed E-state index contributed by atoms with van der Waals surface area (Å²) in [6.07, 6.45) is 3.81. The molecule has 8 rings (SSSR count). The van der Waals surface area contributed by atoms with Crippen molar-refractivity contribution in [2.24, 2.45) is 0 Å². The Bertz CT molecular complexity index is 2400. The number of para-hydroxylation sites is 2. The molecular formula is C44H38N4O. The van der Waals surface area contributed by atoms with Crippen molar-refractivity contribution in [3.05, 3.63) is 157 Å². The maximum absolute atomic E-state index is 6.16. The summed E-state index contributed by atoms with van der Waals surface area (Å²) < 4.78 is 8.54. The van der Waals surface area contributed by atoms with Crippen molar-refractivity contribution >= 4 is 44.4 Å². The van der Waals surface area contributed by atoms with Gasteiger partial charge in [0.2, 0.25) is 5.88 Å². The van der Waals surface area contributed by atoms with Crippen LogP contribution in [0, 0.1) is 0 Å². The second kappa shape index (κ2) is 12.6. The standard InChI is InChI=1S/C44H38N4O/c1-29(2)35-19-13-20-36(30(3)4)43(35)41-28-46-44-39-27-33(23-24-37(39)38-18-8-9-21-40(38)48(41)44)47(31-14-6-5-7-15-31)32-16-12-17-34(26-32)49-42-22-10-11-25-45-42/h5-30H,1-4H3. The van der Waals surface area contributed by atoms with Gasteiger partial charge in [0.05, 0.1) is 17.4 Å². The van der Waals surface area contributed by atoms with Crippen molar-refractivity contribution in [2.45, 2.75) is 39.5 Å². The molecule has 8 aromatic rings. The third-order valence-electron chi connectivity index (χ3n) is 9.28. The Kier molecular flexibility index (Phi) is 7.81. The van der Waals surface area contributed by atoms with Gasteiger partial charge in [-0.3, -0.25) is 4.40 Å². The van der Waals surface area contributed by atoms with Crippen LogP contribution in [0.25, 0.3) is 38.6 Å². The van der Waals surface area contributed by atoms with Crippen LogP contribution >= 0.6 is 0 Å². The SMILES string of the molecule is CC(C)c1cccc(C(C)C)c1-c1cnc2c3cc(N(c4ccccc4)c4cccc(Oc5ccccn5)c4)ccc3c3ccccc3n12. The van der Waals surface area contributed by atoms with Gasteiger partial charge in [0, 0.05) is 51.7 Å². The summed E-state index contributed by atoms with van der Waals surface area (Å²) in [6.45, 7) is 9.11. The second-order valence-corrected chi connectivity index (χ2v) is 13.1. The molecular weight excluding hydrogens is 601 g/mol. The van der Waals surface area contributed by atoms with Crippen LogP contribution in [0.2, 0.25) is 0 Å². The highest BCUT2D eigenvalue weighted by molar-refractivity contribution is 6.13. The molecule has 3 heterocycles. The van der Waals surface area contributed by atoms with E-state index in [1.54, 1.807) is 6.20 Å². The summed E-state index contributed by atoms with van der Waals surface area (Å²) in [6, 6.07) is 46.5. The summed E-state index contributed by atoms with van der Waals surface area (Å²) in [5.74, 6) is 2.01. The van der Waals surface area contributed by atoms with Gasteiger partial charge in [0.25, 0.3) is 0 Å². The zero-order valence-electron chi connectivity index (χ0n) is 28.2. The number of nitrogens with zero attached hydrogens (tertiary/aromatic N) is 4. The van der Waals surface area contributed by atoms with Gasteiger partial charge in [0.1, 0.15) is 11.4 Å². The van der Waals surface area contributed by atoms with Gasteiger partial charge in [-0.25, -0.2) is 9.97 Å². The number of rotatable bonds is 8. The molecule has 0 spiro atoms. The topological polar surface area (TPSA) is 42.7 Å². The summed E-state index contributed by atoms with van der Waals surface area (Å²) in [4.78, 5) is 11.8. The quantitative estimate of drug-likeness (QED) is 0.155. The third kappa shape index (κ3) is 5.47. The number of pyridine rings is 2. The first kappa shape index (κ1) is 30.4. The van der Waals surface area contributed by atoms with Crippen LogP contribution in [-0.2, 0) is 0 Å². The van der Waals surface area contributed by atoms with E-state index in [0.29, 0.717) is 23.5 Å². The zero-order chi connectivity index (χ0) is 33.5. The molecule has 0 atom stereocenters. The first-order valence-electron chi connectivity index (χ1n) is 17.0. The van der Waals surface area contributed by atoms with E-state index < -0.39 is 0 Å². The van der Waals surface area contributed by atoms with Crippen LogP contribution in [0.3, 0.4) is 0 Å². The van der Waals surface area contributed by atoms with Crippen molar-refractivity contribution in [3.8, 4) is 22.9 Å². The highest BCUT2D eigenvalue weighted by atomic mass is 16.5. The lowest BCUT2D eigenvalue weighted by atomic mass is 9.87. The van der Waals surface area contributed by atoms with Crippen molar-refractivity contribution in [1.82, 2.24) is 14.4 Å². The lowest BCUT2D eigenvalue weighted by molar-refractivity contribution is 0.463. The maximum Gasteiger partial charge on any atom is 0.219 e. The average molecular weight is 639 g/mol. The molecule has 0 unspecified atom stereocenters. The van der Waals surface area contributed by atoms with Crippen molar-refractivity contribution in [2.75, 3.05) is 4.90 Å². The molecule has 0 bridgehead atoms. The minimum Gasteiger partial charge on any atom is -0.439 e. The van der Waals surface area contributed by atoms with E-state index in [2.05, 4.69) is 145 Å². The Balaban J connectivity index is 1.37. The summed E-state index contributed by atoms with van der Waals surface area (Å²) in [5.41, 5.74) is 10.3. The molecule has 5 nitrogen and oxygen atoms in total. The number of anilines is 3. The lowest BCUT2D eigenvalue weighted by Gasteiger charge is -2.26. The molecule has 0 aliphatic carbocycles. The number of hydrogen-bond acceptors (Lipinski definition) is 4. The fraction of sp³-hybridized carbons (Fsp3) is 0.136. The zero-order valence-corrected chi connectivity index (χ0v) is 28.2. The maximum atomic E-state index is 6.16. The van der Waals surface area contributed by atoms with Crippen molar-refractivity contribution in [3.63, 3.8) is 0 Å². The first-order chi connectivity index (χ1) is 24.0. The van der Waals surface area contributed by atoms with Crippen LogP contribution in [0.4, 0.5) is 17.1 Å². The largest absolute Gasteiger partial charge is 0.439 e. The second-order valence-electron chi connectivity index (χ2n) is 13.1. The lowest BCUT2D eigenvalue weighted by Crippen LogP contribution is -2.10. The van der Waals surface area contributed by atoms with Crippen molar-refractivity contribution in [1.29, 1.82) is 0 Å². The number of ether oxygens (including phenoxy) is 1. The van der Waals surface area contributed by atoms with Gasteiger partial charge in [-0.05, 0) is 76.9 Å². The highest BCUT2D eigenvalue weighted by Gasteiger charge is 2.22. The van der Waals surface area contributed by atoms with Gasteiger partial charge in [-0.1, -0.05) is 100 Å². The van der Waals surface area contributed by atoms with Crippen LogP contribution in [-0.4, -0.2) is 14.4 Å². The molecule has 3 aromatic heterocycles. The summed E-state index contributed by atoms with van der Waals surface area (Å²) >= 11 is 0. The van der Waals surface area contributed by atoms with E-state index in [1.807, 2.05) is 36.4 Å². The van der Waals surface area contributed by atoms with Gasteiger partial charge < -0.3 is 9.64 Å². The van der Waals surface area contributed by atoms with Crippen LogP contribution in [0.15, 0.2) is 146 Å². The Morgan fingerprint density at radius 1 is 0.571 bits per heavy atom. The van der Waals surface area contributed by atoms with E-state index in [0.717, 1.165) is 39.3 Å². The first-order valence-corrected chi connectivity index (χ1v) is 17.0. The number of fused-ring (bicyclic) bond motifs is 6. The summed E-state index contributed by atoms with van der Waals surface area (Å²) in [5, 5.41) is 3.46. The Morgan fingerprint density at radius 3 is 2.02 bits per heavy atom. The minimum absolute atomic E-state index is 0.370. The molecule has 5 aromatic carbocycles. The fourth-order valence-electron chi connectivity index (χ4n) is 7.04. The number of aromatic nitrogens is 3. The smallest absolute Gasteiger partial charge is 0.219 e. The van der Waals surface area contributed by atoms with Crippen LogP contribution < -0.4 is 9.64 Å². The van der Waals surface area contributed by atoms with Crippen LogP contribution in [0.1, 0.15) is 50.7 Å². The van der Waals surface area contributed by atoms with Gasteiger partial charge in [-0.15, -0.1) is 0 Å². The number of imidazole rings is 1. The van der Waals surface area contributed by atoms with Crippen LogP contribution in [0.5, 0.6) is 11.6 Å². The monoisotopic (exact) mass is 638 g/mol. The average Bonchev–Trinajstić information content (AvgIpc) is 3.58. The van der Waals surface area contributed by atoms with Gasteiger partial charge in [-0.2, -0.15) is 0 Å². The molecule has 5 heteroatoms. The molecule has 0 fully saturated rings. The van der Waals surface area contributed by atoms with Crippen molar-refractivity contribution < 1.29 is 4.74 Å². The van der Waals surface area contributed by atoms with E-state index >= 15 is 0 Å². The normalized spacial score (nSPS) is 11.6. The van der Waals surface area contributed by atoms with Gasteiger partial charge >= 0.3 is 0 Å². The number of hydrogen-bond donors (Lipinski definition) is 0. The molecule has 0 radical (unpaired) electrons. The van der Waals surface area contributed by atoms with E-state index in [9.17, 15) is 0 Å². The minimum atomic E-state index is 0.370. The summed E-state index contributed by atoms with van der Waals surface area (Å²) in [7, 11) is 0. The van der Waals surface area contributed by atoms with E-state index in [-0.39, 0.29) is 0 Å². The van der Waals surface area contributed by atoms with E-state index in [1.165, 1.54) is 27.5 Å². The fourth-order valence-corrected chi connectivity index (χ4v) is 7.04. The number of benzene rings is 5. The Labute approximate surface area is 287 Å².